The molecule has 3 unspecified atom stereocenters. The van der Waals surface area contributed by atoms with Crippen LogP contribution in [0.15, 0.2) is 0 Å². The van der Waals surface area contributed by atoms with Crippen molar-refractivity contribution < 1.29 is 4.74 Å². The molecule has 2 aliphatic heterocycles. The average molecular weight is 218 g/mol. The maximum absolute atomic E-state index is 5.80. The van der Waals surface area contributed by atoms with Crippen molar-refractivity contribution in [1.29, 1.82) is 0 Å². The third-order valence-corrected chi connectivity index (χ3v) is 6.16. The Morgan fingerprint density at radius 1 is 1.54 bits per heavy atom. The van der Waals surface area contributed by atoms with E-state index in [4.69, 9.17) is 4.74 Å². The third kappa shape index (κ3) is 2.37. The lowest BCUT2D eigenvalue weighted by atomic mass is 10.2. The zero-order valence-electron chi connectivity index (χ0n) is 8.41. The summed E-state index contributed by atoms with van der Waals surface area (Å²) in [6, 6.07) is 0. The minimum Gasteiger partial charge on any atom is -0.365 e. The number of ether oxygens (including phenoxy) is 1. The highest BCUT2D eigenvalue weighted by Crippen LogP contribution is 2.45. The molecule has 0 aromatic heterocycles. The van der Waals surface area contributed by atoms with Gasteiger partial charge < -0.3 is 4.74 Å². The summed E-state index contributed by atoms with van der Waals surface area (Å²) in [6.45, 7) is 5.59. The Morgan fingerprint density at radius 2 is 2.38 bits per heavy atom. The molecule has 0 N–H and O–H groups in total. The van der Waals surface area contributed by atoms with Gasteiger partial charge in [0.25, 0.3) is 0 Å². The predicted octanol–water partition coefficient (Wildman–Crippen LogP) is 3.14. The molecule has 1 nitrogen and oxygen atoms in total. The first-order valence-electron chi connectivity index (χ1n) is 5.13. The summed E-state index contributed by atoms with van der Waals surface area (Å²) in [5.41, 5.74) is 0. The van der Waals surface area contributed by atoms with Crippen molar-refractivity contribution in [3.63, 3.8) is 0 Å². The second-order valence-corrected chi connectivity index (χ2v) is 7.30. The summed E-state index contributed by atoms with van der Waals surface area (Å²) >= 11 is 4.19. The normalized spacial score (nSPS) is 45.7. The highest BCUT2D eigenvalue weighted by molar-refractivity contribution is 8.05. The maximum atomic E-state index is 5.80. The van der Waals surface area contributed by atoms with Crippen LogP contribution >= 0.6 is 23.5 Å². The predicted molar refractivity (Wildman–Crippen MR) is 61.5 cm³/mol. The van der Waals surface area contributed by atoms with Crippen molar-refractivity contribution in [3.8, 4) is 0 Å². The van der Waals surface area contributed by atoms with Gasteiger partial charge in [0.2, 0.25) is 0 Å². The zero-order valence-corrected chi connectivity index (χ0v) is 10.0. The maximum Gasteiger partial charge on any atom is 0.111 e. The van der Waals surface area contributed by atoms with Crippen LogP contribution in [0.4, 0.5) is 0 Å². The summed E-state index contributed by atoms with van der Waals surface area (Å²) in [4.78, 5) is 0.143. The first-order chi connectivity index (χ1) is 6.20. The first-order valence-corrected chi connectivity index (χ1v) is 7.06. The van der Waals surface area contributed by atoms with E-state index in [0.29, 0.717) is 0 Å². The SMILES string of the molecule is CC1SCCC1SC1(C)CCCO1. The Balaban J connectivity index is 1.88. The fourth-order valence-corrected chi connectivity index (χ4v) is 5.18. The molecule has 0 aliphatic carbocycles. The van der Waals surface area contributed by atoms with Gasteiger partial charge in [0.05, 0.1) is 0 Å². The van der Waals surface area contributed by atoms with Crippen LogP contribution in [0.2, 0.25) is 0 Å². The van der Waals surface area contributed by atoms with Gasteiger partial charge in [-0.25, -0.2) is 0 Å². The van der Waals surface area contributed by atoms with E-state index in [0.717, 1.165) is 17.1 Å². The molecule has 0 saturated carbocycles. The minimum absolute atomic E-state index is 0.143. The highest BCUT2D eigenvalue weighted by atomic mass is 32.2. The number of thioether (sulfide) groups is 2. The van der Waals surface area contributed by atoms with Gasteiger partial charge in [-0.05, 0) is 31.9 Å². The van der Waals surface area contributed by atoms with Crippen molar-refractivity contribution in [2.75, 3.05) is 12.4 Å². The second kappa shape index (κ2) is 4.03. The van der Waals surface area contributed by atoms with Gasteiger partial charge in [-0.3, -0.25) is 0 Å². The van der Waals surface area contributed by atoms with Crippen molar-refractivity contribution in [2.45, 2.75) is 48.5 Å². The standard InChI is InChI=1S/C10H18OS2/c1-8-9(4-7-12-8)13-10(2)5-3-6-11-10/h8-9H,3-7H2,1-2H3. The lowest BCUT2D eigenvalue weighted by Crippen LogP contribution is -2.24. The van der Waals surface area contributed by atoms with Crippen LogP contribution in [0.3, 0.4) is 0 Å². The van der Waals surface area contributed by atoms with E-state index in [1.54, 1.807) is 0 Å². The van der Waals surface area contributed by atoms with Gasteiger partial charge in [-0.2, -0.15) is 11.8 Å². The van der Waals surface area contributed by atoms with Gasteiger partial charge in [-0.15, -0.1) is 11.8 Å². The summed E-state index contributed by atoms with van der Waals surface area (Å²) < 4.78 is 5.80. The molecule has 76 valence electrons. The topological polar surface area (TPSA) is 9.23 Å². The van der Waals surface area contributed by atoms with Crippen LogP contribution in [-0.4, -0.2) is 27.8 Å². The van der Waals surface area contributed by atoms with Crippen LogP contribution < -0.4 is 0 Å². The van der Waals surface area contributed by atoms with Gasteiger partial charge >= 0.3 is 0 Å². The lowest BCUT2D eigenvalue weighted by Gasteiger charge is -2.27. The largest absolute Gasteiger partial charge is 0.365 e. The molecular formula is C10H18OS2. The smallest absolute Gasteiger partial charge is 0.111 e. The van der Waals surface area contributed by atoms with E-state index in [-0.39, 0.29) is 4.93 Å². The Morgan fingerprint density at radius 3 is 2.92 bits per heavy atom. The monoisotopic (exact) mass is 218 g/mol. The van der Waals surface area contributed by atoms with E-state index in [9.17, 15) is 0 Å². The quantitative estimate of drug-likeness (QED) is 0.705. The Kier molecular flexibility index (Phi) is 3.16. The molecule has 2 rings (SSSR count). The number of rotatable bonds is 2. The van der Waals surface area contributed by atoms with Crippen LogP contribution in [0, 0.1) is 0 Å². The Labute approximate surface area is 89.4 Å². The molecule has 0 bridgehead atoms. The van der Waals surface area contributed by atoms with Crippen LogP contribution in [0.1, 0.15) is 33.1 Å². The van der Waals surface area contributed by atoms with Crippen LogP contribution in [0.25, 0.3) is 0 Å². The average Bonchev–Trinajstić information content (AvgIpc) is 2.64. The van der Waals surface area contributed by atoms with E-state index in [2.05, 4.69) is 37.4 Å². The van der Waals surface area contributed by atoms with E-state index in [1.165, 1.54) is 25.0 Å². The second-order valence-electron chi connectivity index (χ2n) is 4.11. The minimum atomic E-state index is 0.143. The molecule has 2 aliphatic rings. The Bertz CT molecular complexity index is 178. The third-order valence-electron chi connectivity index (χ3n) is 2.89. The fraction of sp³-hybridized carbons (Fsp3) is 1.00. The van der Waals surface area contributed by atoms with Crippen LogP contribution in [0.5, 0.6) is 0 Å². The Hall–Kier alpha value is 0.660. The van der Waals surface area contributed by atoms with Crippen molar-refractivity contribution in [2.24, 2.45) is 0 Å². The number of hydrogen-bond donors (Lipinski definition) is 0. The summed E-state index contributed by atoms with van der Waals surface area (Å²) in [5, 5.41) is 1.65. The lowest BCUT2D eigenvalue weighted by molar-refractivity contribution is 0.0965. The van der Waals surface area contributed by atoms with Gasteiger partial charge in [-0.1, -0.05) is 6.92 Å². The van der Waals surface area contributed by atoms with Gasteiger partial charge in [0.1, 0.15) is 4.93 Å². The van der Waals surface area contributed by atoms with Gasteiger partial charge in [0, 0.05) is 17.1 Å². The molecule has 0 amide bonds. The first kappa shape index (κ1) is 10.2. The summed E-state index contributed by atoms with van der Waals surface area (Å²) in [6.07, 6.45) is 3.86. The molecule has 0 aromatic carbocycles. The molecule has 0 aromatic rings. The highest BCUT2D eigenvalue weighted by Gasteiger charge is 2.36. The molecule has 2 fully saturated rings. The molecule has 3 heteroatoms. The van der Waals surface area contributed by atoms with E-state index >= 15 is 0 Å². The molecule has 2 saturated heterocycles. The van der Waals surface area contributed by atoms with Crippen molar-refractivity contribution in [3.05, 3.63) is 0 Å². The molecular weight excluding hydrogens is 200 g/mol. The van der Waals surface area contributed by atoms with E-state index < -0.39 is 0 Å². The van der Waals surface area contributed by atoms with Crippen LogP contribution in [-0.2, 0) is 4.74 Å². The summed E-state index contributed by atoms with van der Waals surface area (Å²) in [7, 11) is 0. The van der Waals surface area contributed by atoms with Crippen molar-refractivity contribution in [1.82, 2.24) is 0 Å². The molecule has 3 atom stereocenters. The molecule has 2 heterocycles. The fourth-order valence-electron chi connectivity index (χ4n) is 2.03. The van der Waals surface area contributed by atoms with Crippen molar-refractivity contribution >= 4 is 23.5 Å². The molecule has 13 heavy (non-hydrogen) atoms. The molecule has 0 spiro atoms. The summed E-state index contributed by atoms with van der Waals surface area (Å²) in [5.74, 6) is 1.34. The van der Waals surface area contributed by atoms with E-state index in [1.807, 2.05) is 0 Å². The van der Waals surface area contributed by atoms with Gasteiger partial charge in [0.15, 0.2) is 0 Å². The molecule has 0 radical (unpaired) electrons. The number of hydrogen-bond acceptors (Lipinski definition) is 3. The zero-order chi connectivity index (χ0) is 9.31.